The molecule has 0 aliphatic rings. The maximum absolute atomic E-state index is 11.9. The van der Waals surface area contributed by atoms with Gasteiger partial charge in [-0.15, -0.1) is 0 Å². The zero-order valence-electron chi connectivity index (χ0n) is 12.8. The van der Waals surface area contributed by atoms with Crippen LogP contribution in [0.3, 0.4) is 0 Å². The van der Waals surface area contributed by atoms with Crippen molar-refractivity contribution in [1.29, 1.82) is 0 Å². The van der Waals surface area contributed by atoms with E-state index in [9.17, 15) is 14.7 Å². The highest BCUT2D eigenvalue weighted by Crippen LogP contribution is 2.19. The van der Waals surface area contributed by atoms with Crippen molar-refractivity contribution in [2.75, 3.05) is 17.6 Å². The van der Waals surface area contributed by atoms with Crippen molar-refractivity contribution in [3.8, 4) is 0 Å². The van der Waals surface area contributed by atoms with Crippen LogP contribution in [-0.2, 0) is 6.42 Å². The number of benzene rings is 2. The SMILES string of the molecule is Cc1cccc(NC(=O)NCCc2ccc(N)cc2)c1C(=O)O. The van der Waals surface area contributed by atoms with E-state index in [0.29, 0.717) is 24.2 Å². The van der Waals surface area contributed by atoms with Crippen molar-refractivity contribution in [1.82, 2.24) is 5.32 Å². The number of amides is 2. The third-order valence-electron chi connectivity index (χ3n) is 3.41. The Labute approximate surface area is 134 Å². The van der Waals surface area contributed by atoms with E-state index in [1.54, 1.807) is 37.3 Å². The van der Waals surface area contributed by atoms with E-state index >= 15 is 0 Å². The number of aromatic carboxylic acids is 1. The zero-order chi connectivity index (χ0) is 16.8. The van der Waals surface area contributed by atoms with Gasteiger partial charge in [-0.05, 0) is 42.7 Å². The largest absolute Gasteiger partial charge is 0.478 e. The molecule has 0 bridgehead atoms. The first kappa shape index (κ1) is 16.4. The number of anilines is 2. The molecule has 0 fully saturated rings. The van der Waals surface area contributed by atoms with Crippen LogP contribution < -0.4 is 16.4 Å². The summed E-state index contributed by atoms with van der Waals surface area (Å²) in [4.78, 5) is 23.2. The van der Waals surface area contributed by atoms with E-state index in [1.807, 2.05) is 12.1 Å². The number of carbonyl (C=O) groups is 2. The average Bonchev–Trinajstić information content (AvgIpc) is 2.49. The number of nitrogens with two attached hydrogens (primary N) is 1. The number of nitrogen functional groups attached to an aromatic ring is 1. The predicted molar refractivity (Wildman–Crippen MR) is 89.7 cm³/mol. The van der Waals surface area contributed by atoms with Crippen LogP contribution in [0.25, 0.3) is 0 Å². The second-order valence-corrected chi connectivity index (χ2v) is 5.18. The Morgan fingerprint density at radius 1 is 1.13 bits per heavy atom. The lowest BCUT2D eigenvalue weighted by Gasteiger charge is -2.11. The highest BCUT2D eigenvalue weighted by Gasteiger charge is 2.14. The summed E-state index contributed by atoms with van der Waals surface area (Å²) in [6, 6.07) is 11.9. The Bertz CT molecular complexity index is 712. The van der Waals surface area contributed by atoms with E-state index < -0.39 is 12.0 Å². The molecule has 0 aliphatic carbocycles. The van der Waals surface area contributed by atoms with Gasteiger partial charge in [0.05, 0.1) is 11.3 Å². The van der Waals surface area contributed by atoms with Gasteiger partial charge in [-0.25, -0.2) is 9.59 Å². The molecular formula is C17H19N3O3. The fourth-order valence-corrected chi connectivity index (χ4v) is 2.23. The number of carboxylic acid groups (broad SMARTS) is 1. The van der Waals surface area contributed by atoms with Crippen LogP contribution in [0.15, 0.2) is 42.5 Å². The summed E-state index contributed by atoms with van der Waals surface area (Å²) in [5.41, 5.74) is 8.34. The van der Waals surface area contributed by atoms with Crippen molar-refractivity contribution in [2.45, 2.75) is 13.3 Å². The van der Waals surface area contributed by atoms with Crippen molar-refractivity contribution in [2.24, 2.45) is 0 Å². The molecule has 0 aliphatic heterocycles. The summed E-state index contributed by atoms with van der Waals surface area (Å²) in [6.07, 6.45) is 0.660. The van der Waals surface area contributed by atoms with Gasteiger partial charge >= 0.3 is 12.0 Å². The molecule has 120 valence electrons. The van der Waals surface area contributed by atoms with E-state index in [2.05, 4.69) is 10.6 Å². The number of rotatable bonds is 5. The van der Waals surface area contributed by atoms with Crippen LogP contribution >= 0.6 is 0 Å². The van der Waals surface area contributed by atoms with Gasteiger partial charge in [-0.1, -0.05) is 24.3 Å². The lowest BCUT2D eigenvalue weighted by Crippen LogP contribution is -2.31. The molecule has 0 radical (unpaired) electrons. The Hall–Kier alpha value is -3.02. The Kier molecular flexibility index (Phi) is 5.19. The molecule has 0 atom stereocenters. The first-order valence-electron chi connectivity index (χ1n) is 7.19. The molecule has 2 amide bonds. The second-order valence-electron chi connectivity index (χ2n) is 5.18. The zero-order valence-corrected chi connectivity index (χ0v) is 12.8. The lowest BCUT2D eigenvalue weighted by molar-refractivity contribution is 0.0697. The fraction of sp³-hybridized carbons (Fsp3) is 0.176. The summed E-state index contributed by atoms with van der Waals surface area (Å²) in [6.45, 7) is 2.12. The Morgan fingerprint density at radius 2 is 1.83 bits per heavy atom. The maximum Gasteiger partial charge on any atom is 0.338 e. The summed E-state index contributed by atoms with van der Waals surface area (Å²) in [5.74, 6) is -1.07. The highest BCUT2D eigenvalue weighted by atomic mass is 16.4. The van der Waals surface area contributed by atoms with Gasteiger partial charge in [-0.2, -0.15) is 0 Å². The molecule has 0 saturated heterocycles. The molecular weight excluding hydrogens is 294 g/mol. The number of hydrogen-bond donors (Lipinski definition) is 4. The predicted octanol–water partition coefficient (Wildman–Crippen LogP) is 2.64. The molecule has 2 rings (SSSR count). The number of aryl methyl sites for hydroxylation is 1. The van der Waals surface area contributed by atoms with E-state index in [-0.39, 0.29) is 11.3 Å². The molecule has 0 heterocycles. The van der Waals surface area contributed by atoms with Crippen LogP contribution in [0.5, 0.6) is 0 Å². The molecule has 0 spiro atoms. The topological polar surface area (TPSA) is 104 Å². The van der Waals surface area contributed by atoms with E-state index in [4.69, 9.17) is 5.73 Å². The minimum Gasteiger partial charge on any atom is -0.478 e. The minimum absolute atomic E-state index is 0.0983. The Balaban J connectivity index is 1.91. The van der Waals surface area contributed by atoms with Crippen LogP contribution in [0.1, 0.15) is 21.5 Å². The number of hydrogen-bond acceptors (Lipinski definition) is 3. The number of carbonyl (C=O) groups excluding carboxylic acids is 1. The smallest absolute Gasteiger partial charge is 0.338 e. The highest BCUT2D eigenvalue weighted by molar-refractivity contribution is 6.01. The van der Waals surface area contributed by atoms with Crippen LogP contribution in [0, 0.1) is 6.92 Å². The van der Waals surface area contributed by atoms with E-state index in [1.165, 1.54) is 0 Å². The van der Waals surface area contributed by atoms with Crippen molar-refractivity contribution >= 4 is 23.4 Å². The monoisotopic (exact) mass is 313 g/mol. The normalized spacial score (nSPS) is 10.1. The third-order valence-corrected chi connectivity index (χ3v) is 3.41. The number of urea groups is 1. The van der Waals surface area contributed by atoms with Crippen molar-refractivity contribution < 1.29 is 14.7 Å². The van der Waals surface area contributed by atoms with Gasteiger partial charge in [0.25, 0.3) is 0 Å². The van der Waals surface area contributed by atoms with Crippen LogP contribution in [0.4, 0.5) is 16.2 Å². The second kappa shape index (κ2) is 7.31. The minimum atomic E-state index is -1.07. The van der Waals surface area contributed by atoms with Crippen LogP contribution in [0.2, 0.25) is 0 Å². The summed E-state index contributed by atoms with van der Waals surface area (Å²) < 4.78 is 0. The lowest BCUT2D eigenvalue weighted by atomic mass is 10.1. The number of nitrogens with one attached hydrogen (secondary N) is 2. The van der Waals surface area contributed by atoms with Gasteiger partial charge in [0, 0.05) is 12.2 Å². The average molecular weight is 313 g/mol. The molecule has 0 aromatic heterocycles. The van der Waals surface area contributed by atoms with Gasteiger partial charge in [0.15, 0.2) is 0 Å². The molecule has 2 aromatic carbocycles. The van der Waals surface area contributed by atoms with E-state index in [0.717, 1.165) is 5.56 Å². The quantitative estimate of drug-likeness (QED) is 0.637. The first-order valence-corrected chi connectivity index (χ1v) is 7.19. The molecule has 23 heavy (non-hydrogen) atoms. The summed E-state index contributed by atoms with van der Waals surface area (Å²) in [7, 11) is 0. The first-order chi connectivity index (χ1) is 11.0. The van der Waals surface area contributed by atoms with Crippen LogP contribution in [-0.4, -0.2) is 23.7 Å². The van der Waals surface area contributed by atoms with Crippen molar-refractivity contribution in [3.05, 3.63) is 59.2 Å². The molecule has 5 N–H and O–H groups in total. The summed E-state index contributed by atoms with van der Waals surface area (Å²) >= 11 is 0. The molecule has 6 nitrogen and oxygen atoms in total. The number of carboxylic acids is 1. The molecule has 6 heteroatoms. The maximum atomic E-state index is 11.9. The van der Waals surface area contributed by atoms with Gasteiger partial charge in [0.1, 0.15) is 0 Å². The summed E-state index contributed by atoms with van der Waals surface area (Å²) in [5, 5.41) is 14.5. The van der Waals surface area contributed by atoms with Gasteiger partial charge in [-0.3, -0.25) is 0 Å². The molecule has 0 saturated carbocycles. The third kappa shape index (κ3) is 4.47. The Morgan fingerprint density at radius 3 is 2.48 bits per heavy atom. The standard InChI is InChI=1S/C17H19N3O3/c1-11-3-2-4-14(15(11)16(21)22)20-17(23)19-10-9-12-5-7-13(18)8-6-12/h2-8H,9-10,18H2,1H3,(H,21,22)(H2,19,20,23). The van der Waals surface area contributed by atoms with Crippen molar-refractivity contribution in [3.63, 3.8) is 0 Å². The fourth-order valence-electron chi connectivity index (χ4n) is 2.23. The molecule has 2 aromatic rings. The van der Waals surface area contributed by atoms with Gasteiger partial charge < -0.3 is 21.5 Å². The molecule has 0 unspecified atom stereocenters. The van der Waals surface area contributed by atoms with Gasteiger partial charge in [0.2, 0.25) is 0 Å².